The molecule has 21 heavy (non-hydrogen) atoms. The number of carbonyl (C=O) groups excluding carboxylic acids is 1. The monoisotopic (exact) mass is 293 g/mol. The van der Waals surface area contributed by atoms with Gasteiger partial charge in [0.25, 0.3) is 0 Å². The average Bonchev–Trinajstić information content (AvgIpc) is 2.78. The second-order valence-electron chi connectivity index (χ2n) is 5.86. The zero-order chi connectivity index (χ0) is 15.3. The molecule has 1 heterocycles. The first-order valence-electron chi connectivity index (χ1n) is 7.27. The molecule has 5 nitrogen and oxygen atoms in total. The quantitative estimate of drug-likeness (QED) is 0.644. The van der Waals surface area contributed by atoms with Gasteiger partial charge in [0, 0.05) is 0 Å². The van der Waals surface area contributed by atoms with Crippen molar-refractivity contribution in [2.24, 2.45) is 0 Å². The van der Waals surface area contributed by atoms with Gasteiger partial charge in [0.15, 0.2) is 0 Å². The van der Waals surface area contributed by atoms with Crippen LogP contribution in [0.15, 0.2) is 24.3 Å². The molecule has 1 aliphatic rings. The number of para-hydroxylation sites is 2. The average molecular weight is 293 g/mol. The zero-order valence-corrected chi connectivity index (χ0v) is 12.6. The minimum atomic E-state index is -0.280. The highest BCUT2D eigenvalue weighted by molar-refractivity contribution is 5.69. The van der Waals surface area contributed by atoms with Crippen LogP contribution in [0, 0.1) is 0 Å². The van der Waals surface area contributed by atoms with Crippen molar-refractivity contribution in [2.75, 3.05) is 18.9 Å². The number of nitrogens with two attached hydrogens (primary N) is 1. The Bertz CT molecular complexity index is 487. The lowest BCUT2D eigenvalue weighted by Crippen LogP contribution is -2.24. The van der Waals surface area contributed by atoms with Gasteiger partial charge in [0.05, 0.1) is 30.4 Å². The Morgan fingerprint density at radius 2 is 2.19 bits per heavy atom. The van der Waals surface area contributed by atoms with E-state index in [2.05, 4.69) is 0 Å². The highest BCUT2D eigenvalue weighted by atomic mass is 16.6. The van der Waals surface area contributed by atoms with Gasteiger partial charge in [-0.3, -0.25) is 4.79 Å². The molecule has 2 N–H and O–H groups in total. The molecule has 1 saturated heterocycles. The van der Waals surface area contributed by atoms with Crippen LogP contribution in [0.25, 0.3) is 0 Å². The van der Waals surface area contributed by atoms with Crippen LogP contribution in [0.5, 0.6) is 5.75 Å². The predicted octanol–water partition coefficient (Wildman–Crippen LogP) is 2.54. The molecule has 1 aromatic carbocycles. The number of hydrogen-bond acceptors (Lipinski definition) is 5. The molecular weight excluding hydrogens is 270 g/mol. The number of benzene rings is 1. The molecule has 116 valence electrons. The van der Waals surface area contributed by atoms with Crippen molar-refractivity contribution in [1.82, 2.24) is 0 Å². The van der Waals surface area contributed by atoms with Crippen molar-refractivity contribution in [3.8, 4) is 5.75 Å². The largest absolute Gasteiger partial charge is 0.491 e. The van der Waals surface area contributed by atoms with Gasteiger partial charge in [-0.15, -0.1) is 0 Å². The number of hydrogen-bond donors (Lipinski definition) is 1. The summed E-state index contributed by atoms with van der Waals surface area (Å²) in [5, 5.41) is 0. The van der Waals surface area contributed by atoms with Crippen LogP contribution in [0.3, 0.4) is 0 Å². The van der Waals surface area contributed by atoms with Crippen LogP contribution in [0.4, 0.5) is 5.69 Å². The van der Waals surface area contributed by atoms with Gasteiger partial charge < -0.3 is 19.9 Å². The van der Waals surface area contributed by atoms with Gasteiger partial charge in [-0.05, 0) is 38.8 Å². The van der Waals surface area contributed by atoms with Crippen LogP contribution in [0.1, 0.15) is 33.1 Å². The Hall–Kier alpha value is -1.75. The maximum Gasteiger partial charge on any atom is 0.309 e. The first kappa shape index (κ1) is 15.6. The number of rotatable bonds is 6. The van der Waals surface area contributed by atoms with Crippen LogP contribution in [0.2, 0.25) is 0 Å². The fourth-order valence-electron chi connectivity index (χ4n) is 2.31. The topological polar surface area (TPSA) is 70.8 Å². The van der Waals surface area contributed by atoms with Gasteiger partial charge >= 0.3 is 5.97 Å². The minimum Gasteiger partial charge on any atom is -0.491 e. The molecule has 1 fully saturated rings. The molecule has 0 spiro atoms. The van der Waals surface area contributed by atoms with Crippen molar-refractivity contribution < 1.29 is 19.0 Å². The normalized spacial score (nSPS) is 20.2. The molecule has 0 saturated carbocycles. The van der Waals surface area contributed by atoms with Crippen molar-refractivity contribution in [3.05, 3.63) is 24.3 Å². The second-order valence-corrected chi connectivity index (χ2v) is 5.86. The van der Waals surface area contributed by atoms with Crippen molar-refractivity contribution in [3.63, 3.8) is 0 Å². The van der Waals surface area contributed by atoms with Crippen LogP contribution in [-0.4, -0.2) is 30.9 Å². The Labute approximate surface area is 125 Å². The Kier molecular flexibility index (Phi) is 5.07. The third-order valence-corrected chi connectivity index (χ3v) is 3.47. The summed E-state index contributed by atoms with van der Waals surface area (Å²) in [5.74, 6) is 0.309. The number of anilines is 1. The second kappa shape index (κ2) is 6.80. The predicted molar refractivity (Wildman–Crippen MR) is 80.1 cm³/mol. The Balaban J connectivity index is 1.63. The van der Waals surface area contributed by atoms with E-state index in [0.29, 0.717) is 18.0 Å². The highest BCUT2D eigenvalue weighted by Crippen LogP contribution is 2.29. The van der Waals surface area contributed by atoms with Crippen molar-refractivity contribution in [1.29, 1.82) is 0 Å². The first-order chi connectivity index (χ1) is 9.96. The maximum absolute atomic E-state index is 11.6. The lowest BCUT2D eigenvalue weighted by molar-refractivity contribution is -0.149. The molecule has 1 aliphatic heterocycles. The van der Waals surface area contributed by atoms with Crippen LogP contribution < -0.4 is 10.5 Å². The van der Waals surface area contributed by atoms with Gasteiger partial charge in [0.1, 0.15) is 12.4 Å². The van der Waals surface area contributed by atoms with Crippen LogP contribution >= 0.6 is 0 Å². The van der Waals surface area contributed by atoms with E-state index in [1.165, 1.54) is 0 Å². The molecule has 0 radical (unpaired) electrons. The zero-order valence-electron chi connectivity index (χ0n) is 12.6. The van der Waals surface area contributed by atoms with E-state index in [-0.39, 0.29) is 30.7 Å². The molecular formula is C16H23NO4. The molecule has 5 heteroatoms. The van der Waals surface area contributed by atoms with Crippen molar-refractivity contribution >= 4 is 11.7 Å². The highest BCUT2D eigenvalue weighted by Gasteiger charge is 2.32. The fraction of sp³-hybridized carbons (Fsp3) is 0.562. The molecule has 0 aromatic heterocycles. The summed E-state index contributed by atoms with van der Waals surface area (Å²) in [4.78, 5) is 11.6. The minimum absolute atomic E-state index is 0.00892. The molecule has 2 rings (SSSR count). The lowest BCUT2D eigenvalue weighted by Gasteiger charge is -2.19. The van der Waals surface area contributed by atoms with Crippen LogP contribution in [-0.2, 0) is 14.3 Å². The first-order valence-corrected chi connectivity index (χ1v) is 7.27. The smallest absolute Gasteiger partial charge is 0.309 e. The third-order valence-electron chi connectivity index (χ3n) is 3.47. The number of esters is 1. The van der Waals surface area contributed by atoms with E-state index in [9.17, 15) is 4.79 Å². The van der Waals surface area contributed by atoms with E-state index >= 15 is 0 Å². The Morgan fingerprint density at radius 3 is 2.86 bits per heavy atom. The maximum atomic E-state index is 11.6. The SMILES string of the molecule is CC1(C)CCC(COC(=O)CCOc2ccccc2N)O1. The summed E-state index contributed by atoms with van der Waals surface area (Å²) in [5.41, 5.74) is 6.20. The van der Waals surface area contributed by atoms with E-state index in [1.54, 1.807) is 12.1 Å². The molecule has 1 atom stereocenters. The van der Waals surface area contributed by atoms with E-state index in [4.69, 9.17) is 19.9 Å². The number of carbonyl (C=O) groups is 1. The molecule has 1 unspecified atom stereocenters. The lowest BCUT2D eigenvalue weighted by atomic mass is 10.1. The van der Waals surface area contributed by atoms with Crippen molar-refractivity contribution in [2.45, 2.75) is 44.8 Å². The summed E-state index contributed by atoms with van der Waals surface area (Å²) in [6, 6.07) is 7.20. The third kappa shape index (κ3) is 4.93. The van der Waals surface area contributed by atoms with Gasteiger partial charge in [-0.2, -0.15) is 0 Å². The van der Waals surface area contributed by atoms with E-state index in [1.807, 2.05) is 26.0 Å². The van der Waals surface area contributed by atoms with E-state index in [0.717, 1.165) is 12.8 Å². The fourth-order valence-corrected chi connectivity index (χ4v) is 2.31. The standard InChI is InChI=1S/C16H23NO4/c1-16(2)9-7-12(21-16)11-20-15(18)8-10-19-14-6-4-3-5-13(14)17/h3-6,12H,7-11,17H2,1-2H3. The molecule has 0 bridgehead atoms. The summed E-state index contributed by atoms with van der Waals surface area (Å²) in [6.45, 7) is 4.67. The summed E-state index contributed by atoms with van der Waals surface area (Å²) < 4.78 is 16.4. The van der Waals surface area contributed by atoms with E-state index < -0.39 is 0 Å². The molecule has 1 aromatic rings. The van der Waals surface area contributed by atoms with Gasteiger partial charge in [-0.25, -0.2) is 0 Å². The number of ether oxygens (including phenoxy) is 3. The van der Waals surface area contributed by atoms with Gasteiger partial charge in [-0.1, -0.05) is 12.1 Å². The molecule has 0 aliphatic carbocycles. The summed E-state index contributed by atoms with van der Waals surface area (Å²) in [7, 11) is 0. The summed E-state index contributed by atoms with van der Waals surface area (Å²) >= 11 is 0. The number of nitrogen functional groups attached to an aromatic ring is 1. The van der Waals surface area contributed by atoms with Gasteiger partial charge in [0.2, 0.25) is 0 Å². The molecule has 0 amide bonds. The Morgan fingerprint density at radius 1 is 1.43 bits per heavy atom. The summed E-state index contributed by atoms with van der Waals surface area (Å²) in [6.07, 6.45) is 2.13.